The zero-order valence-corrected chi connectivity index (χ0v) is 12.1. The molecule has 0 fully saturated rings. The third-order valence-corrected chi connectivity index (χ3v) is 3.43. The van der Waals surface area contributed by atoms with Gasteiger partial charge in [-0.15, -0.1) is 11.3 Å². The number of aromatic nitrogens is 1. The fourth-order valence-corrected chi connectivity index (χ4v) is 2.39. The van der Waals surface area contributed by atoms with Crippen LogP contribution in [0, 0.1) is 0 Å². The average Bonchev–Trinajstić information content (AvgIpc) is 2.83. The van der Waals surface area contributed by atoms with Crippen molar-refractivity contribution in [2.75, 3.05) is 12.8 Å². The van der Waals surface area contributed by atoms with Crippen LogP contribution in [-0.4, -0.2) is 18.0 Å². The van der Waals surface area contributed by atoms with Gasteiger partial charge >= 0.3 is 0 Å². The molecule has 0 unspecified atom stereocenters. The number of carbonyl (C=O) groups excluding carboxylic acids is 1. The molecule has 0 saturated carbocycles. The van der Waals surface area contributed by atoms with E-state index in [0.717, 1.165) is 11.1 Å². The molecule has 106 valence electrons. The van der Waals surface area contributed by atoms with Crippen LogP contribution in [0.15, 0.2) is 29.6 Å². The molecule has 0 spiro atoms. The van der Waals surface area contributed by atoms with Gasteiger partial charge in [0, 0.05) is 19.0 Å². The van der Waals surface area contributed by atoms with Crippen molar-refractivity contribution in [1.82, 2.24) is 10.3 Å². The van der Waals surface area contributed by atoms with Crippen molar-refractivity contribution in [3.63, 3.8) is 0 Å². The second-order valence-electron chi connectivity index (χ2n) is 4.38. The number of benzene rings is 1. The Morgan fingerprint density at radius 3 is 2.95 bits per heavy atom. The highest BCUT2D eigenvalue weighted by molar-refractivity contribution is 7.13. The summed E-state index contributed by atoms with van der Waals surface area (Å²) in [4.78, 5) is 15.9. The van der Waals surface area contributed by atoms with E-state index in [0.29, 0.717) is 24.0 Å². The SMILES string of the molecule is COCc1cccc(CNC(=O)Cc2csc(N)n2)c1. The maximum atomic E-state index is 11.8. The number of hydrogen-bond donors (Lipinski definition) is 2. The van der Waals surface area contributed by atoms with Crippen molar-refractivity contribution >= 4 is 22.4 Å². The topological polar surface area (TPSA) is 77.2 Å². The number of rotatable bonds is 6. The zero-order valence-electron chi connectivity index (χ0n) is 11.3. The number of amides is 1. The number of nitrogens with zero attached hydrogens (tertiary/aromatic N) is 1. The molecule has 5 nitrogen and oxygen atoms in total. The van der Waals surface area contributed by atoms with Crippen LogP contribution in [0.25, 0.3) is 0 Å². The van der Waals surface area contributed by atoms with E-state index in [9.17, 15) is 4.79 Å². The molecule has 0 saturated heterocycles. The monoisotopic (exact) mass is 291 g/mol. The number of nitrogens with one attached hydrogen (secondary N) is 1. The molecule has 2 aromatic rings. The van der Waals surface area contributed by atoms with Crippen molar-refractivity contribution in [2.45, 2.75) is 19.6 Å². The van der Waals surface area contributed by atoms with Gasteiger partial charge in [-0.05, 0) is 11.1 Å². The van der Waals surface area contributed by atoms with Crippen LogP contribution in [0.1, 0.15) is 16.8 Å². The zero-order chi connectivity index (χ0) is 14.4. The number of ether oxygens (including phenoxy) is 1. The summed E-state index contributed by atoms with van der Waals surface area (Å²) in [5.41, 5.74) is 8.37. The molecule has 0 aliphatic rings. The Kier molecular flexibility index (Phi) is 5.09. The number of anilines is 1. The van der Waals surface area contributed by atoms with Gasteiger partial charge in [0.25, 0.3) is 0 Å². The third kappa shape index (κ3) is 4.32. The number of nitrogen functional groups attached to an aromatic ring is 1. The van der Waals surface area contributed by atoms with Gasteiger partial charge in [0.2, 0.25) is 5.91 Å². The molecule has 0 atom stereocenters. The number of methoxy groups -OCH3 is 1. The molecular weight excluding hydrogens is 274 g/mol. The van der Waals surface area contributed by atoms with Gasteiger partial charge in [-0.1, -0.05) is 24.3 Å². The van der Waals surface area contributed by atoms with Crippen molar-refractivity contribution < 1.29 is 9.53 Å². The Hall–Kier alpha value is -1.92. The first kappa shape index (κ1) is 14.5. The van der Waals surface area contributed by atoms with Gasteiger partial charge in [0.15, 0.2) is 5.13 Å². The maximum absolute atomic E-state index is 11.8. The summed E-state index contributed by atoms with van der Waals surface area (Å²) in [6.45, 7) is 1.07. The van der Waals surface area contributed by atoms with Crippen LogP contribution < -0.4 is 11.1 Å². The van der Waals surface area contributed by atoms with E-state index >= 15 is 0 Å². The lowest BCUT2D eigenvalue weighted by atomic mass is 10.1. The van der Waals surface area contributed by atoms with Crippen LogP contribution in [-0.2, 0) is 29.1 Å². The van der Waals surface area contributed by atoms with Crippen LogP contribution in [0.4, 0.5) is 5.13 Å². The minimum Gasteiger partial charge on any atom is -0.380 e. The predicted octanol–water partition coefficient (Wildman–Crippen LogP) is 1.73. The normalized spacial score (nSPS) is 10.4. The molecule has 0 aliphatic carbocycles. The minimum absolute atomic E-state index is 0.0626. The van der Waals surface area contributed by atoms with Crippen molar-refractivity contribution in [2.24, 2.45) is 0 Å². The molecule has 20 heavy (non-hydrogen) atoms. The summed E-state index contributed by atoms with van der Waals surface area (Å²) < 4.78 is 5.08. The fraction of sp³-hybridized carbons (Fsp3) is 0.286. The number of hydrogen-bond acceptors (Lipinski definition) is 5. The maximum Gasteiger partial charge on any atom is 0.226 e. The van der Waals surface area contributed by atoms with Gasteiger partial charge in [-0.3, -0.25) is 4.79 Å². The standard InChI is InChI=1S/C14H17N3O2S/c1-19-8-11-4-2-3-10(5-11)7-16-13(18)6-12-9-20-14(15)17-12/h2-5,9H,6-8H2,1H3,(H2,15,17)(H,16,18). The third-order valence-electron chi connectivity index (χ3n) is 2.70. The molecular formula is C14H17N3O2S. The highest BCUT2D eigenvalue weighted by Gasteiger charge is 2.06. The van der Waals surface area contributed by atoms with E-state index < -0.39 is 0 Å². The van der Waals surface area contributed by atoms with E-state index in [4.69, 9.17) is 10.5 Å². The lowest BCUT2D eigenvalue weighted by Crippen LogP contribution is -2.24. The average molecular weight is 291 g/mol. The number of thiazole rings is 1. The Labute approximate surface area is 121 Å². The molecule has 3 N–H and O–H groups in total. The molecule has 1 aromatic carbocycles. The van der Waals surface area contributed by atoms with Crippen molar-refractivity contribution in [3.8, 4) is 0 Å². The lowest BCUT2D eigenvalue weighted by Gasteiger charge is -2.06. The second-order valence-corrected chi connectivity index (χ2v) is 5.27. The molecule has 1 amide bonds. The quantitative estimate of drug-likeness (QED) is 0.849. The Bertz CT molecular complexity index is 583. The molecule has 0 radical (unpaired) electrons. The molecule has 6 heteroatoms. The number of carbonyl (C=O) groups is 1. The second kappa shape index (κ2) is 7.02. The Morgan fingerprint density at radius 2 is 2.25 bits per heavy atom. The lowest BCUT2D eigenvalue weighted by molar-refractivity contribution is -0.120. The summed E-state index contributed by atoms with van der Waals surface area (Å²) in [6, 6.07) is 7.94. The molecule has 1 aromatic heterocycles. The van der Waals surface area contributed by atoms with Gasteiger partial charge in [0.1, 0.15) is 0 Å². The minimum atomic E-state index is -0.0626. The van der Waals surface area contributed by atoms with E-state index in [-0.39, 0.29) is 12.3 Å². The first-order chi connectivity index (χ1) is 9.67. The van der Waals surface area contributed by atoms with Gasteiger partial charge in [-0.25, -0.2) is 4.98 Å². The number of nitrogens with two attached hydrogens (primary N) is 1. The molecule has 0 bridgehead atoms. The van der Waals surface area contributed by atoms with E-state index in [2.05, 4.69) is 10.3 Å². The summed E-state index contributed by atoms with van der Waals surface area (Å²) in [5, 5.41) is 5.16. The largest absolute Gasteiger partial charge is 0.380 e. The van der Waals surface area contributed by atoms with Crippen LogP contribution in [0.3, 0.4) is 0 Å². The van der Waals surface area contributed by atoms with Crippen LogP contribution in [0.5, 0.6) is 0 Å². The molecule has 1 heterocycles. The van der Waals surface area contributed by atoms with Crippen LogP contribution >= 0.6 is 11.3 Å². The summed E-state index contributed by atoms with van der Waals surface area (Å²) in [7, 11) is 1.66. The van der Waals surface area contributed by atoms with Crippen molar-refractivity contribution in [1.29, 1.82) is 0 Å². The van der Waals surface area contributed by atoms with Crippen molar-refractivity contribution in [3.05, 3.63) is 46.5 Å². The Morgan fingerprint density at radius 1 is 1.45 bits per heavy atom. The van der Waals surface area contributed by atoms with E-state index in [1.54, 1.807) is 12.5 Å². The van der Waals surface area contributed by atoms with Gasteiger partial charge in [-0.2, -0.15) is 0 Å². The van der Waals surface area contributed by atoms with E-state index in [1.165, 1.54) is 11.3 Å². The Balaban J connectivity index is 1.85. The van der Waals surface area contributed by atoms with E-state index in [1.807, 2.05) is 24.3 Å². The highest BCUT2D eigenvalue weighted by atomic mass is 32.1. The smallest absolute Gasteiger partial charge is 0.226 e. The fourth-order valence-electron chi connectivity index (χ4n) is 1.83. The van der Waals surface area contributed by atoms with Gasteiger partial charge in [0.05, 0.1) is 18.7 Å². The molecule has 2 rings (SSSR count). The molecule has 0 aliphatic heterocycles. The first-order valence-corrected chi connectivity index (χ1v) is 7.08. The van der Waals surface area contributed by atoms with Gasteiger partial charge < -0.3 is 15.8 Å². The summed E-state index contributed by atoms with van der Waals surface area (Å²) in [6.07, 6.45) is 0.255. The first-order valence-electron chi connectivity index (χ1n) is 6.20. The summed E-state index contributed by atoms with van der Waals surface area (Å²) in [5.74, 6) is -0.0626. The predicted molar refractivity (Wildman–Crippen MR) is 79.2 cm³/mol. The summed E-state index contributed by atoms with van der Waals surface area (Å²) >= 11 is 1.34. The van der Waals surface area contributed by atoms with Crippen LogP contribution in [0.2, 0.25) is 0 Å². The highest BCUT2D eigenvalue weighted by Crippen LogP contribution is 2.11.